The van der Waals surface area contributed by atoms with Gasteiger partial charge in [-0.15, -0.1) is 0 Å². The molecule has 3 heteroatoms. The summed E-state index contributed by atoms with van der Waals surface area (Å²) in [5.41, 5.74) is 0.818. The predicted molar refractivity (Wildman–Crippen MR) is 60.6 cm³/mol. The van der Waals surface area contributed by atoms with Crippen LogP contribution in [0.5, 0.6) is 0 Å². The van der Waals surface area contributed by atoms with Gasteiger partial charge in [0.15, 0.2) is 0 Å². The molecule has 1 rings (SSSR count). The fourth-order valence-corrected chi connectivity index (χ4v) is 1.32. The van der Waals surface area contributed by atoms with Crippen molar-refractivity contribution < 1.29 is 9.90 Å². The molecule has 1 unspecified atom stereocenters. The van der Waals surface area contributed by atoms with Crippen molar-refractivity contribution in [3.05, 3.63) is 30.3 Å². The molecule has 0 aliphatic heterocycles. The molecule has 0 heterocycles. The number of amides is 1. The van der Waals surface area contributed by atoms with E-state index in [1.807, 2.05) is 37.3 Å². The molecule has 2 N–H and O–H groups in total. The number of anilines is 1. The maximum atomic E-state index is 11.6. The third kappa shape index (κ3) is 4.13. The zero-order chi connectivity index (χ0) is 11.1. The molecule has 0 bridgehead atoms. The zero-order valence-electron chi connectivity index (χ0n) is 8.94. The van der Waals surface area contributed by atoms with Crippen LogP contribution in [0.1, 0.15) is 19.8 Å². The molecule has 0 fully saturated rings. The minimum Gasteiger partial charge on any atom is -0.396 e. The predicted octanol–water partition coefficient (Wildman–Crippen LogP) is 2.03. The quantitative estimate of drug-likeness (QED) is 0.776. The third-order valence-corrected chi connectivity index (χ3v) is 2.28. The average Bonchev–Trinajstić information content (AvgIpc) is 2.27. The van der Waals surface area contributed by atoms with Crippen LogP contribution in [0.2, 0.25) is 0 Å². The summed E-state index contributed by atoms with van der Waals surface area (Å²) in [7, 11) is 0. The van der Waals surface area contributed by atoms with Gasteiger partial charge in [0.25, 0.3) is 0 Å². The molecule has 15 heavy (non-hydrogen) atoms. The van der Waals surface area contributed by atoms with Crippen molar-refractivity contribution in [2.24, 2.45) is 5.92 Å². The van der Waals surface area contributed by atoms with E-state index in [-0.39, 0.29) is 18.4 Å². The van der Waals surface area contributed by atoms with E-state index in [1.54, 1.807) is 0 Å². The van der Waals surface area contributed by atoms with Gasteiger partial charge in [-0.3, -0.25) is 4.79 Å². The molecule has 0 aliphatic rings. The second kappa shape index (κ2) is 6.19. The lowest BCUT2D eigenvalue weighted by Crippen LogP contribution is -2.20. The highest BCUT2D eigenvalue weighted by Gasteiger charge is 2.11. The molecule has 0 saturated heterocycles. The Hall–Kier alpha value is -1.35. The number of nitrogens with one attached hydrogen (secondary N) is 1. The Bertz CT molecular complexity index is 298. The van der Waals surface area contributed by atoms with Crippen LogP contribution in [-0.2, 0) is 4.79 Å². The minimum absolute atomic E-state index is 0.00894. The van der Waals surface area contributed by atoms with Gasteiger partial charge in [0.2, 0.25) is 5.91 Å². The summed E-state index contributed by atoms with van der Waals surface area (Å²) < 4.78 is 0. The van der Waals surface area contributed by atoms with Crippen LogP contribution in [0, 0.1) is 5.92 Å². The summed E-state index contributed by atoms with van der Waals surface area (Å²) in [6.07, 6.45) is 1.39. The van der Waals surface area contributed by atoms with E-state index < -0.39 is 0 Å². The first-order chi connectivity index (χ1) is 7.24. The van der Waals surface area contributed by atoms with E-state index in [0.29, 0.717) is 6.42 Å². The molecule has 0 radical (unpaired) electrons. The van der Waals surface area contributed by atoms with E-state index >= 15 is 0 Å². The van der Waals surface area contributed by atoms with Gasteiger partial charge in [-0.05, 0) is 25.0 Å². The van der Waals surface area contributed by atoms with Crippen LogP contribution in [0.15, 0.2) is 30.3 Å². The fraction of sp³-hybridized carbons (Fsp3) is 0.417. The molecule has 3 nitrogen and oxygen atoms in total. The summed E-state index contributed by atoms with van der Waals surface area (Å²) in [4.78, 5) is 11.6. The SMILES string of the molecule is CC(CCCO)C(=O)Nc1ccccc1. The standard InChI is InChI=1S/C12H17NO2/c1-10(6-5-9-14)12(15)13-11-7-3-2-4-8-11/h2-4,7-8,10,14H,5-6,9H2,1H3,(H,13,15). The third-order valence-electron chi connectivity index (χ3n) is 2.28. The van der Waals surface area contributed by atoms with Crippen molar-refractivity contribution in [3.8, 4) is 0 Å². The molecule has 1 amide bonds. The van der Waals surface area contributed by atoms with Crippen LogP contribution in [0.4, 0.5) is 5.69 Å². The number of aliphatic hydroxyl groups is 1. The van der Waals surface area contributed by atoms with E-state index in [1.165, 1.54) is 0 Å². The lowest BCUT2D eigenvalue weighted by atomic mass is 10.1. The largest absolute Gasteiger partial charge is 0.396 e. The zero-order valence-corrected chi connectivity index (χ0v) is 8.94. The van der Waals surface area contributed by atoms with Crippen molar-refractivity contribution in [1.29, 1.82) is 0 Å². The molecule has 1 atom stereocenters. The van der Waals surface area contributed by atoms with Gasteiger partial charge in [-0.25, -0.2) is 0 Å². The number of rotatable bonds is 5. The van der Waals surface area contributed by atoms with Gasteiger partial charge in [0.05, 0.1) is 0 Å². The Balaban J connectivity index is 2.42. The van der Waals surface area contributed by atoms with Gasteiger partial charge >= 0.3 is 0 Å². The Labute approximate surface area is 90.1 Å². The highest BCUT2D eigenvalue weighted by atomic mass is 16.3. The van der Waals surface area contributed by atoms with Gasteiger partial charge in [-0.1, -0.05) is 25.1 Å². The number of hydrogen-bond donors (Lipinski definition) is 2. The number of aliphatic hydroxyl groups excluding tert-OH is 1. The molecule has 0 aromatic heterocycles. The first kappa shape index (κ1) is 11.7. The summed E-state index contributed by atoms with van der Waals surface area (Å²) in [5, 5.41) is 11.5. The van der Waals surface area contributed by atoms with Crippen molar-refractivity contribution in [1.82, 2.24) is 0 Å². The first-order valence-corrected chi connectivity index (χ1v) is 5.21. The molecule has 0 saturated carbocycles. The highest BCUT2D eigenvalue weighted by Crippen LogP contribution is 2.10. The van der Waals surface area contributed by atoms with Crippen LogP contribution >= 0.6 is 0 Å². The number of benzene rings is 1. The van der Waals surface area contributed by atoms with Gasteiger partial charge < -0.3 is 10.4 Å². The fourth-order valence-electron chi connectivity index (χ4n) is 1.32. The van der Waals surface area contributed by atoms with Crippen LogP contribution in [0.3, 0.4) is 0 Å². The van der Waals surface area contributed by atoms with Crippen molar-refractivity contribution in [2.45, 2.75) is 19.8 Å². The van der Waals surface area contributed by atoms with Crippen LogP contribution in [0.25, 0.3) is 0 Å². The Morgan fingerprint density at radius 3 is 2.67 bits per heavy atom. The summed E-state index contributed by atoms with van der Waals surface area (Å²) in [5.74, 6) is -0.0491. The Kier molecular flexibility index (Phi) is 4.84. The monoisotopic (exact) mass is 207 g/mol. The molecular formula is C12H17NO2. The maximum absolute atomic E-state index is 11.6. The normalized spacial score (nSPS) is 12.1. The van der Waals surface area contributed by atoms with Gasteiger partial charge in [-0.2, -0.15) is 0 Å². The smallest absolute Gasteiger partial charge is 0.227 e. The lowest BCUT2D eigenvalue weighted by Gasteiger charge is -2.11. The molecule has 1 aromatic carbocycles. The van der Waals surface area contributed by atoms with Crippen molar-refractivity contribution in [2.75, 3.05) is 11.9 Å². The maximum Gasteiger partial charge on any atom is 0.227 e. The topological polar surface area (TPSA) is 49.3 Å². The Morgan fingerprint density at radius 1 is 1.40 bits per heavy atom. The van der Waals surface area contributed by atoms with E-state index in [2.05, 4.69) is 5.32 Å². The minimum atomic E-state index is -0.0580. The number of para-hydroxylation sites is 1. The van der Waals surface area contributed by atoms with Crippen LogP contribution < -0.4 is 5.32 Å². The molecule has 82 valence electrons. The second-order valence-corrected chi connectivity index (χ2v) is 3.62. The summed E-state index contributed by atoms with van der Waals surface area (Å²) >= 11 is 0. The van der Waals surface area contributed by atoms with Gasteiger partial charge in [0, 0.05) is 18.2 Å². The summed E-state index contributed by atoms with van der Waals surface area (Å²) in [6.45, 7) is 2.01. The average molecular weight is 207 g/mol. The number of carbonyl (C=O) groups excluding carboxylic acids is 1. The highest BCUT2D eigenvalue weighted by molar-refractivity contribution is 5.92. The summed E-state index contributed by atoms with van der Waals surface area (Å²) in [6, 6.07) is 9.39. The second-order valence-electron chi connectivity index (χ2n) is 3.62. The number of carbonyl (C=O) groups is 1. The van der Waals surface area contributed by atoms with E-state index in [0.717, 1.165) is 12.1 Å². The van der Waals surface area contributed by atoms with Crippen LogP contribution in [-0.4, -0.2) is 17.6 Å². The van der Waals surface area contributed by atoms with Crippen molar-refractivity contribution >= 4 is 11.6 Å². The lowest BCUT2D eigenvalue weighted by molar-refractivity contribution is -0.119. The van der Waals surface area contributed by atoms with Gasteiger partial charge in [0.1, 0.15) is 0 Å². The Morgan fingerprint density at radius 2 is 2.07 bits per heavy atom. The molecular weight excluding hydrogens is 190 g/mol. The number of hydrogen-bond acceptors (Lipinski definition) is 2. The molecule has 1 aromatic rings. The molecule has 0 aliphatic carbocycles. The molecule has 0 spiro atoms. The van der Waals surface area contributed by atoms with E-state index in [9.17, 15) is 4.79 Å². The first-order valence-electron chi connectivity index (χ1n) is 5.21. The van der Waals surface area contributed by atoms with Crippen molar-refractivity contribution in [3.63, 3.8) is 0 Å². The van der Waals surface area contributed by atoms with E-state index in [4.69, 9.17) is 5.11 Å².